The van der Waals surface area contributed by atoms with Crippen LogP contribution in [0.4, 0.5) is 5.69 Å². The Morgan fingerprint density at radius 1 is 0.862 bits per heavy atom. The van der Waals surface area contributed by atoms with Crippen molar-refractivity contribution in [3.8, 4) is 5.75 Å². The second-order valence-corrected chi connectivity index (χ2v) is 6.80. The summed E-state index contributed by atoms with van der Waals surface area (Å²) in [5.41, 5.74) is 2.34. The van der Waals surface area contributed by atoms with Gasteiger partial charge in [-0.3, -0.25) is 9.59 Å². The number of anilines is 1. The van der Waals surface area contributed by atoms with Gasteiger partial charge in [-0.15, -0.1) is 0 Å². The molecule has 3 aromatic carbocycles. The monoisotopic (exact) mass is 408 g/mol. The molecule has 0 fully saturated rings. The molecule has 0 saturated heterocycles. The molecule has 0 radical (unpaired) electrons. The van der Waals surface area contributed by atoms with Gasteiger partial charge in [-0.25, -0.2) is 0 Å². The number of benzene rings is 3. The fourth-order valence-electron chi connectivity index (χ4n) is 2.62. The zero-order valence-corrected chi connectivity index (χ0v) is 16.5. The average Bonchev–Trinajstić information content (AvgIpc) is 2.75. The molecule has 148 valence electrons. The van der Waals surface area contributed by atoms with Crippen LogP contribution in [0, 0.1) is 0 Å². The molecule has 5 nitrogen and oxygen atoms in total. The lowest BCUT2D eigenvalue weighted by Gasteiger charge is -2.09. The highest BCUT2D eigenvalue weighted by molar-refractivity contribution is 6.30. The molecule has 6 heteroatoms. The minimum absolute atomic E-state index is 0.0731. The third-order valence-electron chi connectivity index (χ3n) is 4.17. The van der Waals surface area contributed by atoms with E-state index in [0.717, 1.165) is 12.0 Å². The maximum Gasteiger partial charge on any atom is 0.257 e. The third kappa shape index (κ3) is 6.66. The molecule has 2 N–H and O–H groups in total. The first-order valence-corrected chi connectivity index (χ1v) is 9.58. The van der Waals surface area contributed by atoms with E-state index in [4.69, 9.17) is 16.3 Å². The first kappa shape index (κ1) is 20.4. The summed E-state index contributed by atoms with van der Waals surface area (Å²) in [6, 6.07) is 23.4. The second kappa shape index (κ2) is 10.3. The summed E-state index contributed by atoms with van der Waals surface area (Å²) in [6.07, 6.45) is 0.721. The predicted molar refractivity (Wildman–Crippen MR) is 114 cm³/mol. The van der Waals surface area contributed by atoms with Crippen LogP contribution < -0.4 is 15.4 Å². The van der Waals surface area contributed by atoms with Crippen LogP contribution in [-0.4, -0.2) is 25.0 Å². The summed E-state index contributed by atoms with van der Waals surface area (Å²) in [7, 11) is 0. The van der Waals surface area contributed by atoms with E-state index in [1.165, 1.54) is 0 Å². The van der Waals surface area contributed by atoms with Gasteiger partial charge in [0.2, 0.25) is 0 Å². The normalized spacial score (nSPS) is 10.2. The van der Waals surface area contributed by atoms with Crippen molar-refractivity contribution < 1.29 is 14.3 Å². The molecule has 0 heterocycles. The van der Waals surface area contributed by atoms with Crippen molar-refractivity contribution in [3.63, 3.8) is 0 Å². The molecule has 0 aliphatic heterocycles. The fraction of sp³-hybridized carbons (Fsp3) is 0.130. The summed E-state index contributed by atoms with van der Waals surface area (Å²) in [6.45, 7) is 0.449. The minimum Gasteiger partial charge on any atom is -0.484 e. The maximum atomic E-state index is 12.1. The van der Waals surface area contributed by atoms with Crippen LogP contribution in [0.3, 0.4) is 0 Å². The molecular weight excluding hydrogens is 388 g/mol. The Morgan fingerprint density at radius 2 is 1.55 bits per heavy atom. The van der Waals surface area contributed by atoms with Crippen LogP contribution >= 0.6 is 11.6 Å². The molecule has 0 atom stereocenters. The number of ether oxygens (including phenoxy) is 1. The number of amides is 2. The Kier molecular flexibility index (Phi) is 7.25. The fourth-order valence-corrected chi connectivity index (χ4v) is 2.75. The SMILES string of the molecule is O=C(COc1ccc(NC(=O)c2ccccc2)cc1)NCCc1ccc(Cl)cc1. The molecule has 0 spiro atoms. The van der Waals surface area contributed by atoms with E-state index in [1.807, 2.05) is 42.5 Å². The Morgan fingerprint density at radius 3 is 2.24 bits per heavy atom. The van der Waals surface area contributed by atoms with Crippen molar-refractivity contribution in [3.05, 3.63) is 95.0 Å². The van der Waals surface area contributed by atoms with Crippen molar-refractivity contribution >= 4 is 29.1 Å². The standard InChI is InChI=1S/C23H21ClN2O3/c24-19-8-6-17(7-9-19)14-15-25-22(27)16-29-21-12-10-20(11-13-21)26-23(28)18-4-2-1-3-5-18/h1-13H,14-16H2,(H,25,27)(H,26,28). The van der Waals surface area contributed by atoms with Crippen LogP contribution in [0.1, 0.15) is 15.9 Å². The van der Waals surface area contributed by atoms with Gasteiger partial charge < -0.3 is 15.4 Å². The third-order valence-corrected chi connectivity index (χ3v) is 4.42. The molecule has 0 aliphatic carbocycles. The molecule has 2 amide bonds. The number of rotatable bonds is 8. The summed E-state index contributed by atoms with van der Waals surface area (Å²) in [4.78, 5) is 24.0. The van der Waals surface area contributed by atoms with Crippen LogP contribution in [0.15, 0.2) is 78.9 Å². The molecule has 29 heavy (non-hydrogen) atoms. The topological polar surface area (TPSA) is 67.4 Å². The van der Waals surface area contributed by atoms with Gasteiger partial charge in [0.05, 0.1) is 0 Å². The van der Waals surface area contributed by atoms with Crippen LogP contribution in [0.25, 0.3) is 0 Å². The smallest absolute Gasteiger partial charge is 0.257 e. The quantitative estimate of drug-likeness (QED) is 0.583. The first-order valence-electron chi connectivity index (χ1n) is 9.20. The van der Waals surface area contributed by atoms with Crippen LogP contribution in [-0.2, 0) is 11.2 Å². The van der Waals surface area contributed by atoms with Crippen molar-refractivity contribution in [1.29, 1.82) is 0 Å². The molecule has 0 saturated carbocycles. The van der Waals surface area contributed by atoms with E-state index >= 15 is 0 Å². The number of halogens is 1. The molecule has 0 unspecified atom stereocenters. The van der Waals surface area contributed by atoms with Crippen LogP contribution in [0.5, 0.6) is 5.75 Å². The van der Waals surface area contributed by atoms with Crippen molar-refractivity contribution in [2.75, 3.05) is 18.5 Å². The minimum atomic E-state index is -0.194. The number of carbonyl (C=O) groups is 2. The van der Waals surface area contributed by atoms with Gasteiger partial charge in [0.15, 0.2) is 6.61 Å². The number of hydrogen-bond donors (Lipinski definition) is 2. The molecule has 0 aromatic heterocycles. The van der Waals surface area contributed by atoms with Crippen molar-refractivity contribution in [1.82, 2.24) is 5.32 Å². The van der Waals surface area contributed by atoms with E-state index in [0.29, 0.717) is 28.6 Å². The highest BCUT2D eigenvalue weighted by Crippen LogP contribution is 2.16. The predicted octanol–water partition coefficient (Wildman–Crippen LogP) is 4.33. The highest BCUT2D eigenvalue weighted by atomic mass is 35.5. The molecular formula is C23H21ClN2O3. The molecule has 3 aromatic rings. The van der Waals surface area contributed by atoms with E-state index in [2.05, 4.69) is 10.6 Å². The zero-order valence-electron chi connectivity index (χ0n) is 15.7. The lowest BCUT2D eigenvalue weighted by atomic mass is 10.1. The molecule has 3 rings (SSSR count). The van der Waals surface area contributed by atoms with Crippen molar-refractivity contribution in [2.45, 2.75) is 6.42 Å². The van der Waals surface area contributed by atoms with Gasteiger partial charge in [0.25, 0.3) is 11.8 Å². The Balaban J connectivity index is 1.39. The largest absolute Gasteiger partial charge is 0.484 e. The van der Waals surface area contributed by atoms with E-state index in [-0.39, 0.29) is 18.4 Å². The summed E-state index contributed by atoms with van der Waals surface area (Å²) >= 11 is 5.85. The maximum absolute atomic E-state index is 12.1. The van der Waals surface area contributed by atoms with Gasteiger partial charge >= 0.3 is 0 Å². The van der Waals surface area contributed by atoms with Crippen molar-refractivity contribution in [2.24, 2.45) is 0 Å². The van der Waals surface area contributed by atoms with E-state index in [9.17, 15) is 9.59 Å². The van der Waals surface area contributed by atoms with Gasteiger partial charge in [0, 0.05) is 22.8 Å². The first-order chi connectivity index (χ1) is 14.1. The second-order valence-electron chi connectivity index (χ2n) is 6.36. The van der Waals surface area contributed by atoms with Gasteiger partial charge in [-0.05, 0) is 60.5 Å². The summed E-state index contributed by atoms with van der Waals surface area (Å²) < 4.78 is 5.49. The average molecular weight is 409 g/mol. The lowest BCUT2D eigenvalue weighted by Crippen LogP contribution is -2.30. The zero-order chi connectivity index (χ0) is 20.5. The van der Waals surface area contributed by atoms with Gasteiger partial charge in [-0.1, -0.05) is 41.9 Å². The van der Waals surface area contributed by atoms with E-state index in [1.54, 1.807) is 36.4 Å². The highest BCUT2D eigenvalue weighted by Gasteiger charge is 2.06. The Hall–Kier alpha value is -3.31. The number of carbonyl (C=O) groups excluding carboxylic acids is 2. The lowest BCUT2D eigenvalue weighted by molar-refractivity contribution is -0.123. The van der Waals surface area contributed by atoms with Gasteiger partial charge in [-0.2, -0.15) is 0 Å². The Labute approximate surface area is 174 Å². The van der Waals surface area contributed by atoms with E-state index < -0.39 is 0 Å². The Bertz CT molecular complexity index is 942. The molecule has 0 bridgehead atoms. The summed E-state index contributed by atoms with van der Waals surface area (Å²) in [5.74, 6) is 0.176. The number of hydrogen-bond acceptors (Lipinski definition) is 3. The van der Waals surface area contributed by atoms with Gasteiger partial charge in [0.1, 0.15) is 5.75 Å². The summed E-state index contributed by atoms with van der Waals surface area (Å²) in [5, 5.41) is 6.32. The van der Waals surface area contributed by atoms with Crippen LogP contribution in [0.2, 0.25) is 5.02 Å². The number of nitrogens with one attached hydrogen (secondary N) is 2. The molecule has 0 aliphatic rings.